The van der Waals surface area contributed by atoms with Gasteiger partial charge in [-0.2, -0.15) is 0 Å². The van der Waals surface area contributed by atoms with Gasteiger partial charge in [-0.3, -0.25) is 14.4 Å². The maximum absolute atomic E-state index is 14.2. The van der Waals surface area contributed by atoms with E-state index in [1.165, 1.54) is 0 Å². The lowest BCUT2D eigenvalue weighted by Gasteiger charge is -2.68. The summed E-state index contributed by atoms with van der Waals surface area (Å²) in [5, 5.41) is 10.5. The second kappa shape index (κ2) is 6.73. The van der Waals surface area contributed by atoms with Crippen LogP contribution in [0.4, 0.5) is 0 Å². The summed E-state index contributed by atoms with van der Waals surface area (Å²) in [6, 6.07) is 0. The SMILES string of the molecule is CC1(C)CC[C@]2(C(=O)O)CC[C@]3(C)C(=CC(=O)[C@@H]4[C@@]5(C)C=CC(=O)C(C)(C)[C@@H]5CC[C@]43C)C2C1. The Bertz CT molecular complexity index is 1050. The van der Waals surface area contributed by atoms with Crippen LogP contribution in [0.3, 0.4) is 0 Å². The van der Waals surface area contributed by atoms with E-state index in [1.807, 2.05) is 19.9 Å². The molecular weight excluding hydrogens is 424 g/mol. The molecule has 5 aliphatic carbocycles. The van der Waals surface area contributed by atoms with E-state index in [2.05, 4.69) is 40.7 Å². The molecule has 0 heterocycles. The monoisotopic (exact) mass is 466 g/mol. The molecule has 0 aromatic rings. The van der Waals surface area contributed by atoms with Gasteiger partial charge in [-0.25, -0.2) is 0 Å². The molecule has 0 bridgehead atoms. The fourth-order valence-electron chi connectivity index (χ4n) is 9.76. The van der Waals surface area contributed by atoms with Gasteiger partial charge in [-0.05, 0) is 85.2 Å². The van der Waals surface area contributed by atoms with E-state index in [1.54, 1.807) is 6.08 Å². The fraction of sp³-hybridized carbons (Fsp3) is 0.767. The van der Waals surface area contributed by atoms with Crippen LogP contribution in [0.1, 0.15) is 93.4 Å². The second-order valence-corrected chi connectivity index (χ2v) is 14.4. The van der Waals surface area contributed by atoms with Crippen LogP contribution in [0.25, 0.3) is 0 Å². The van der Waals surface area contributed by atoms with E-state index < -0.39 is 16.8 Å². The van der Waals surface area contributed by atoms with Crippen LogP contribution in [0, 0.1) is 50.2 Å². The third kappa shape index (κ3) is 2.69. The number of ketones is 2. The van der Waals surface area contributed by atoms with Gasteiger partial charge in [0.05, 0.1) is 5.41 Å². The molecular formula is C30H42O4. The molecule has 1 unspecified atom stereocenters. The van der Waals surface area contributed by atoms with Gasteiger partial charge in [0.25, 0.3) is 0 Å². The van der Waals surface area contributed by atoms with Gasteiger partial charge in [0, 0.05) is 16.7 Å². The number of rotatable bonds is 1. The van der Waals surface area contributed by atoms with Gasteiger partial charge >= 0.3 is 5.97 Å². The number of aliphatic carboxylic acids is 1. The van der Waals surface area contributed by atoms with Crippen LogP contribution >= 0.6 is 0 Å². The number of allylic oxidation sites excluding steroid dienone is 4. The number of carbonyl (C=O) groups is 3. The van der Waals surface area contributed by atoms with Gasteiger partial charge in [-0.1, -0.05) is 60.1 Å². The second-order valence-electron chi connectivity index (χ2n) is 14.4. The molecule has 0 aromatic heterocycles. The molecule has 0 radical (unpaired) electrons. The predicted octanol–water partition coefficient (Wildman–Crippen LogP) is 6.40. The summed E-state index contributed by atoms with van der Waals surface area (Å²) in [7, 11) is 0. The maximum atomic E-state index is 14.2. The zero-order valence-corrected chi connectivity index (χ0v) is 22.1. The highest BCUT2D eigenvalue weighted by molar-refractivity contribution is 5.99. The lowest BCUT2D eigenvalue weighted by molar-refractivity contribution is -0.178. The van der Waals surface area contributed by atoms with Crippen LogP contribution in [0.5, 0.6) is 0 Å². The number of carboxylic acid groups (broad SMARTS) is 1. The van der Waals surface area contributed by atoms with Crippen LogP contribution in [-0.2, 0) is 14.4 Å². The molecule has 0 aromatic carbocycles. The highest BCUT2D eigenvalue weighted by Crippen LogP contribution is 2.74. The van der Waals surface area contributed by atoms with E-state index in [0.29, 0.717) is 12.8 Å². The topological polar surface area (TPSA) is 71.4 Å². The third-order valence-electron chi connectivity index (χ3n) is 12.1. The summed E-state index contributed by atoms with van der Waals surface area (Å²) >= 11 is 0. The van der Waals surface area contributed by atoms with Crippen LogP contribution in [0.2, 0.25) is 0 Å². The molecule has 4 nitrogen and oxygen atoms in total. The first kappa shape index (κ1) is 24.0. The number of fused-ring (bicyclic) bond motifs is 7. The summed E-state index contributed by atoms with van der Waals surface area (Å²) in [5.74, 6) is -0.501. The summed E-state index contributed by atoms with van der Waals surface area (Å²) in [5.41, 5.74) is -0.875. The number of carboxylic acids is 1. The van der Waals surface area contributed by atoms with Gasteiger partial charge in [0.2, 0.25) is 0 Å². The van der Waals surface area contributed by atoms with Gasteiger partial charge in [-0.15, -0.1) is 0 Å². The smallest absolute Gasteiger partial charge is 0.310 e. The quantitative estimate of drug-likeness (QED) is 0.485. The minimum absolute atomic E-state index is 0.0731. The van der Waals surface area contributed by atoms with Gasteiger partial charge < -0.3 is 5.11 Å². The molecule has 0 saturated heterocycles. The predicted molar refractivity (Wildman–Crippen MR) is 132 cm³/mol. The van der Waals surface area contributed by atoms with Crippen molar-refractivity contribution in [2.24, 2.45) is 50.2 Å². The van der Waals surface area contributed by atoms with Crippen molar-refractivity contribution in [2.75, 3.05) is 0 Å². The Labute approximate surface area is 204 Å². The summed E-state index contributed by atoms with van der Waals surface area (Å²) in [6.07, 6.45) is 11.5. The highest BCUT2D eigenvalue weighted by Gasteiger charge is 2.70. The summed E-state index contributed by atoms with van der Waals surface area (Å²) in [4.78, 5) is 39.7. The van der Waals surface area contributed by atoms with Crippen molar-refractivity contribution in [3.05, 3.63) is 23.8 Å². The molecule has 0 aliphatic heterocycles. The highest BCUT2D eigenvalue weighted by atomic mass is 16.4. The van der Waals surface area contributed by atoms with E-state index in [0.717, 1.165) is 37.7 Å². The zero-order chi connectivity index (χ0) is 25.1. The Morgan fingerprint density at radius 3 is 2.24 bits per heavy atom. The molecule has 4 heteroatoms. The van der Waals surface area contributed by atoms with Gasteiger partial charge in [0.1, 0.15) is 0 Å². The maximum Gasteiger partial charge on any atom is 0.310 e. The molecule has 1 N–H and O–H groups in total. The lowest BCUT2D eigenvalue weighted by atomic mass is 9.34. The average Bonchev–Trinajstić information content (AvgIpc) is 2.72. The molecule has 5 aliphatic rings. The van der Waals surface area contributed by atoms with Gasteiger partial charge in [0.15, 0.2) is 11.6 Å². The molecule has 186 valence electrons. The fourth-order valence-corrected chi connectivity index (χ4v) is 9.76. The van der Waals surface area contributed by atoms with Crippen LogP contribution < -0.4 is 0 Å². The molecule has 0 amide bonds. The molecule has 5 rings (SSSR count). The standard InChI is InChI=1S/C30H42O4/c1-25(2)12-14-30(24(33)34)15-13-28(6)18(19(30)17-25)16-20(31)23-27(5)10-9-22(32)26(3,4)21(27)8-11-29(23,28)7/h9-10,16,19,21,23H,8,11-15,17H2,1-7H3,(H,33,34)/t19?,21-,23+,27-,28+,29+,30-/m0/s1. The Balaban J connectivity index is 1.68. The van der Waals surface area contributed by atoms with Crippen LogP contribution in [0.15, 0.2) is 23.8 Å². The van der Waals surface area contributed by atoms with Crippen molar-refractivity contribution in [3.63, 3.8) is 0 Å². The van der Waals surface area contributed by atoms with Crippen molar-refractivity contribution in [2.45, 2.75) is 93.4 Å². The summed E-state index contributed by atoms with van der Waals surface area (Å²) < 4.78 is 0. The summed E-state index contributed by atoms with van der Waals surface area (Å²) in [6.45, 7) is 15.4. The first-order chi connectivity index (χ1) is 15.6. The molecule has 3 saturated carbocycles. The van der Waals surface area contributed by atoms with Crippen molar-refractivity contribution >= 4 is 17.5 Å². The van der Waals surface area contributed by atoms with Crippen molar-refractivity contribution in [3.8, 4) is 0 Å². The zero-order valence-electron chi connectivity index (χ0n) is 22.1. The van der Waals surface area contributed by atoms with E-state index in [4.69, 9.17) is 0 Å². The van der Waals surface area contributed by atoms with E-state index >= 15 is 0 Å². The Hall–Kier alpha value is -1.71. The van der Waals surface area contributed by atoms with Crippen molar-refractivity contribution in [1.29, 1.82) is 0 Å². The van der Waals surface area contributed by atoms with Crippen LogP contribution in [-0.4, -0.2) is 22.6 Å². The largest absolute Gasteiger partial charge is 0.481 e. The molecule has 34 heavy (non-hydrogen) atoms. The normalized spacial score (nSPS) is 48.7. The molecule has 0 spiro atoms. The third-order valence-corrected chi connectivity index (χ3v) is 12.1. The minimum Gasteiger partial charge on any atom is -0.481 e. The first-order valence-electron chi connectivity index (χ1n) is 13.3. The van der Waals surface area contributed by atoms with Crippen molar-refractivity contribution in [1.82, 2.24) is 0 Å². The average molecular weight is 467 g/mol. The Morgan fingerprint density at radius 1 is 0.941 bits per heavy atom. The lowest BCUT2D eigenvalue weighted by Crippen LogP contribution is -2.66. The van der Waals surface area contributed by atoms with Crippen molar-refractivity contribution < 1.29 is 19.5 Å². The Kier molecular flexibility index (Phi) is 4.75. The minimum atomic E-state index is -0.745. The Morgan fingerprint density at radius 2 is 1.59 bits per heavy atom. The molecule has 7 atom stereocenters. The van der Waals surface area contributed by atoms with E-state index in [-0.39, 0.29) is 51.0 Å². The van der Waals surface area contributed by atoms with E-state index in [9.17, 15) is 19.5 Å². The number of hydrogen-bond donors (Lipinski definition) is 1. The number of hydrogen-bond acceptors (Lipinski definition) is 3. The first-order valence-corrected chi connectivity index (χ1v) is 13.3. The molecule has 3 fully saturated rings. The number of carbonyl (C=O) groups excluding carboxylic acids is 2.